The summed E-state index contributed by atoms with van der Waals surface area (Å²) in [7, 11) is -1.77. The highest BCUT2D eigenvalue weighted by Crippen LogP contribution is 2.36. The number of benzene rings is 3. The molecule has 0 radical (unpaired) electrons. The fraction of sp³-hybridized carbons (Fsp3) is 0.421. The van der Waals surface area contributed by atoms with Gasteiger partial charge in [0.15, 0.2) is 0 Å². The quantitative estimate of drug-likeness (QED) is 0.157. The van der Waals surface area contributed by atoms with Crippen LogP contribution in [0.25, 0.3) is 0 Å². The maximum atomic E-state index is 13.9. The number of ether oxygens (including phenoxy) is 1. The van der Waals surface area contributed by atoms with Gasteiger partial charge in [0.1, 0.15) is 18.1 Å². The Morgan fingerprint density at radius 2 is 1.19 bits per heavy atom. The minimum Gasteiger partial charge on any atom is -0.467 e. The molecule has 48 heavy (non-hydrogen) atoms. The normalized spacial score (nSPS) is 13.6. The van der Waals surface area contributed by atoms with Crippen molar-refractivity contribution in [3.05, 3.63) is 96.6 Å². The number of rotatable bonds is 16. The molecule has 0 aliphatic carbocycles. The molecule has 3 rings (SSSR count). The van der Waals surface area contributed by atoms with Crippen molar-refractivity contribution in [3.8, 4) is 0 Å². The molecule has 0 saturated carbocycles. The Labute approximate surface area is 286 Å². The Hall–Kier alpha value is -4.28. The first-order valence-corrected chi connectivity index (χ1v) is 18.4. The Morgan fingerprint density at radius 1 is 0.708 bits per heavy atom. The number of hydrogen-bond acceptors (Lipinski definition) is 6. The lowest BCUT2D eigenvalue weighted by Crippen LogP contribution is -2.68. The number of carbonyl (C=O) groups is 4. The molecule has 3 aromatic rings. The van der Waals surface area contributed by atoms with E-state index in [9.17, 15) is 19.2 Å². The summed E-state index contributed by atoms with van der Waals surface area (Å²) in [5.74, 6) is -1.98. The van der Waals surface area contributed by atoms with Crippen molar-refractivity contribution in [1.82, 2.24) is 16.0 Å². The molecule has 0 aliphatic heterocycles. The van der Waals surface area contributed by atoms with Crippen molar-refractivity contribution in [1.29, 1.82) is 0 Å². The molecule has 0 aromatic heterocycles. The number of carbonyl (C=O) groups excluding carboxylic acids is 4. The van der Waals surface area contributed by atoms with Gasteiger partial charge in [-0.2, -0.15) is 0 Å². The summed E-state index contributed by atoms with van der Waals surface area (Å²) in [6.07, 6.45) is 1.22. The lowest BCUT2D eigenvalue weighted by molar-refractivity contribution is -0.146. The first-order valence-electron chi connectivity index (χ1n) is 16.5. The highest BCUT2D eigenvalue weighted by Gasteiger charge is 2.50. The molecule has 3 aromatic carbocycles. The number of aryl methyl sites for hydroxylation is 1. The fourth-order valence-electron chi connectivity index (χ4n) is 6.00. The van der Waals surface area contributed by atoms with Crippen LogP contribution >= 0.6 is 0 Å². The van der Waals surface area contributed by atoms with Gasteiger partial charge in [-0.3, -0.25) is 14.4 Å². The van der Waals surface area contributed by atoms with Gasteiger partial charge in [0.2, 0.25) is 17.7 Å². The predicted octanol–water partition coefficient (Wildman–Crippen LogP) is 3.89. The maximum Gasteiger partial charge on any atom is 0.330 e. The molecule has 0 unspecified atom stereocenters. The summed E-state index contributed by atoms with van der Waals surface area (Å²) >= 11 is 0. The minimum absolute atomic E-state index is 0.0366. The molecule has 258 valence electrons. The molecule has 3 amide bonds. The zero-order chi connectivity index (χ0) is 35.3. The van der Waals surface area contributed by atoms with Crippen molar-refractivity contribution in [2.75, 3.05) is 13.7 Å². The van der Waals surface area contributed by atoms with Crippen molar-refractivity contribution in [2.45, 2.75) is 84.0 Å². The number of amides is 3. The summed E-state index contributed by atoms with van der Waals surface area (Å²) in [5, 5.41) is 10.1. The number of methoxy groups -OCH3 is 1. The second kappa shape index (κ2) is 17.7. The molecule has 0 heterocycles. The van der Waals surface area contributed by atoms with Crippen LogP contribution in [0, 0.1) is 5.92 Å². The van der Waals surface area contributed by atoms with Crippen molar-refractivity contribution in [3.63, 3.8) is 0 Å². The van der Waals surface area contributed by atoms with Crippen LogP contribution in [0.3, 0.4) is 0 Å². The van der Waals surface area contributed by atoms with E-state index in [1.54, 1.807) is 0 Å². The second-order valence-electron chi connectivity index (χ2n) is 13.5. The van der Waals surface area contributed by atoms with Crippen LogP contribution in [0.4, 0.5) is 0 Å². The third-order valence-electron chi connectivity index (χ3n) is 8.28. The molecule has 10 heteroatoms. The van der Waals surface area contributed by atoms with E-state index < -0.39 is 44.2 Å². The van der Waals surface area contributed by atoms with Crippen LogP contribution in [0.2, 0.25) is 5.04 Å². The van der Waals surface area contributed by atoms with Gasteiger partial charge in [-0.05, 0) is 46.2 Å². The van der Waals surface area contributed by atoms with Gasteiger partial charge in [0, 0.05) is 6.92 Å². The zero-order valence-corrected chi connectivity index (χ0v) is 30.2. The lowest BCUT2D eigenvalue weighted by Gasteiger charge is -2.43. The standard InChI is InChI=1S/C38H51N3O6Si/c1-27(2)25-33(40-35(43)32(39-28(3)42)24-23-29-17-11-8-12-18-29)36(44)41-34(37(45)46-7)26-47-48(38(4,5)6,30-19-13-9-14-20-30)31-21-15-10-16-22-31/h8-22,27,32-34H,23-26H2,1-7H3,(H,39,42)(H,40,43)(H,41,44)/t32-,33-,34-/m0/s1. The van der Waals surface area contributed by atoms with Crippen molar-refractivity contribution < 1.29 is 28.3 Å². The average Bonchev–Trinajstić information content (AvgIpc) is 3.06. The Balaban J connectivity index is 1.87. The van der Waals surface area contributed by atoms with Gasteiger partial charge >= 0.3 is 5.97 Å². The molecule has 0 aliphatic rings. The van der Waals surface area contributed by atoms with E-state index in [2.05, 4.69) is 36.7 Å². The summed E-state index contributed by atoms with van der Waals surface area (Å²) < 4.78 is 12.1. The van der Waals surface area contributed by atoms with E-state index in [0.29, 0.717) is 19.3 Å². The fourth-order valence-corrected chi connectivity index (χ4v) is 10.6. The van der Waals surface area contributed by atoms with Crippen LogP contribution in [0.5, 0.6) is 0 Å². The Bertz CT molecular complexity index is 1440. The highest BCUT2D eigenvalue weighted by atomic mass is 28.4. The van der Waals surface area contributed by atoms with Gasteiger partial charge in [0.05, 0.1) is 13.7 Å². The van der Waals surface area contributed by atoms with Gasteiger partial charge in [-0.15, -0.1) is 0 Å². The number of hydrogen-bond donors (Lipinski definition) is 3. The van der Waals surface area contributed by atoms with Gasteiger partial charge in [-0.1, -0.05) is 126 Å². The molecule has 3 N–H and O–H groups in total. The predicted molar refractivity (Wildman–Crippen MR) is 191 cm³/mol. The smallest absolute Gasteiger partial charge is 0.330 e. The molecule has 0 bridgehead atoms. The molecule has 0 fully saturated rings. The molecular weight excluding hydrogens is 623 g/mol. The summed E-state index contributed by atoms with van der Waals surface area (Å²) in [6.45, 7) is 11.5. The van der Waals surface area contributed by atoms with E-state index in [0.717, 1.165) is 15.9 Å². The number of esters is 1. The largest absolute Gasteiger partial charge is 0.467 e. The third kappa shape index (κ3) is 10.4. The first-order chi connectivity index (χ1) is 22.8. The van der Waals surface area contributed by atoms with Crippen LogP contribution in [-0.2, 0) is 34.8 Å². The van der Waals surface area contributed by atoms with Crippen molar-refractivity contribution in [2.24, 2.45) is 5.92 Å². The van der Waals surface area contributed by atoms with E-state index in [1.165, 1.54) is 14.0 Å². The summed E-state index contributed by atoms with van der Waals surface area (Å²) in [5.41, 5.74) is 1.03. The molecule has 0 spiro atoms. The lowest BCUT2D eigenvalue weighted by atomic mass is 10.0. The first kappa shape index (κ1) is 38.2. The molecule has 3 atom stereocenters. The highest BCUT2D eigenvalue weighted by molar-refractivity contribution is 6.99. The minimum atomic E-state index is -3.04. The molecular formula is C38H51N3O6Si. The van der Waals surface area contributed by atoms with Gasteiger partial charge < -0.3 is 25.1 Å². The SMILES string of the molecule is COC(=O)[C@H](CO[Si](c1ccccc1)(c1ccccc1)C(C)(C)C)NC(=O)[C@H](CC(C)C)NC(=O)[C@H](CCc1ccccc1)NC(C)=O. The Morgan fingerprint density at radius 3 is 1.65 bits per heavy atom. The van der Waals surface area contributed by atoms with Crippen LogP contribution in [-0.4, -0.2) is 63.9 Å². The number of nitrogens with one attached hydrogen (secondary N) is 3. The van der Waals surface area contributed by atoms with E-state index >= 15 is 0 Å². The topological polar surface area (TPSA) is 123 Å². The van der Waals surface area contributed by atoms with E-state index in [1.807, 2.05) is 105 Å². The van der Waals surface area contributed by atoms with E-state index in [4.69, 9.17) is 9.16 Å². The zero-order valence-electron chi connectivity index (χ0n) is 29.2. The van der Waals surface area contributed by atoms with Crippen LogP contribution in [0.1, 0.15) is 59.9 Å². The van der Waals surface area contributed by atoms with Gasteiger partial charge in [0.25, 0.3) is 8.32 Å². The van der Waals surface area contributed by atoms with Crippen molar-refractivity contribution >= 4 is 42.4 Å². The Kier molecular flexibility index (Phi) is 14.1. The van der Waals surface area contributed by atoms with Crippen LogP contribution < -0.4 is 26.3 Å². The average molecular weight is 674 g/mol. The molecule has 9 nitrogen and oxygen atoms in total. The monoisotopic (exact) mass is 673 g/mol. The van der Waals surface area contributed by atoms with Gasteiger partial charge in [-0.25, -0.2) is 4.79 Å². The van der Waals surface area contributed by atoms with Crippen LogP contribution in [0.15, 0.2) is 91.0 Å². The summed E-state index contributed by atoms with van der Waals surface area (Å²) in [6, 6.07) is 26.7. The maximum absolute atomic E-state index is 13.9. The second-order valence-corrected chi connectivity index (χ2v) is 17.8. The molecule has 0 saturated heterocycles. The summed E-state index contributed by atoms with van der Waals surface area (Å²) in [4.78, 5) is 52.6. The third-order valence-corrected chi connectivity index (χ3v) is 13.3. The van der Waals surface area contributed by atoms with E-state index in [-0.39, 0.29) is 23.5 Å².